The van der Waals surface area contributed by atoms with E-state index >= 15 is 0 Å². The van der Waals surface area contributed by atoms with E-state index in [1.807, 2.05) is 0 Å². The number of carbonyl (C=O) groups is 2. The maximum absolute atomic E-state index is 12.1. The van der Waals surface area contributed by atoms with Gasteiger partial charge in [-0.2, -0.15) is 0 Å². The summed E-state index contributed by atoms with van der Waals surface area (Å²) in [5.41, 5.74) is 1.71. The van der Waals surface area contributed by atoms with Gasteiger partial charge in [-0.3, -0.25) is 9.78 Å². The summed E-state index contributed by atoms with van der Waals surface area (Å²) in [6.45, 7) is 1.79. The van der Waals surface area contributed by atoms with Gasteiger partial charge in [-0.05, 0) is 42.3 Å². The lowest BCUT2D eigenvalue weighted by Crippen LogP contribution is -2.15. The van der Waals surface area contributed by atoms with Crippen LogP contribution in [-0.2, 0) is 4.79 Å². The molecule has 0 spiro atoms. The zero-order chi connectivity index (χ0) is 15.2. The highest BCUT2D eigenvalue weighted by Gasteiger charge is 2.10. The van der Waals surface area contributed by atoms with Gasteiger partial charge >= 0.3 is 5.97 Å². The molecule has 0 aliphatic heterocycles. The van der Waals surface area contributed by atoms with Crippen LogP contribution < -0.4 is 5.32 Å². The van der Waals surface area contributed by atoms with Crippen molar-refractivity contribution in [3.8, 4) is 0 Å². The number of aliphatic carboxylic acids is 1. The summed E-state index contributed by atoms with van der Waals surface area (Å²) in [6.07, 6.45) is 5.47. The average molecular weight is 283 g/mol. The van der Waals surface area contributed by atoms with E-state index in [0.717, 1.165) is 11.6 Å². The van der Waals surface area contributed by atoms with Gasteiger partial charge < -0.3 is 10.4 Å². The van der Waals surface area contributed by atoms with Gasteiger partial charge in [-0.1, -0.05) is 6.07 Å². The van der Waals surface area contributed by atoms with E-state index in [0.29, 0.717) is 17.1 Å². The number of rotatable bonds is 4. The fourth-order valence-electron chi connectivity index (χ4n) is 1.69. The predicted molar refractivity (Wildman–Crippen MR) is 77.8 cm³/mol. The fraction of sp³-hybridized carbons (Fsp3) is 0.0667. The van der Waals surface area contributed by atoms with Gasteiger partial charge in [-0.25, -0.2) is 9.78 Å². The maximum atomic E-state index is 12.1. The number of aromatic nitrogens is 2. The third-order valence-corrected chi connectivity index (χ3v) is 2.67. The Morgan fingerprint density at radius 2 is 2.05 bits per heavy atom. The highest BCUT2D eigenvalue weighted by Crippen LogP contribution is 2.11. The van der Waals surface area contributed by atoms with Crippen molar-refractivity contribution in [3.05, 3.63) is 59.6 Å². The molecule has 2 rings (SSSR count). The summed E-state index contributed by atoms with van der Waals surface area (Å²) in [6, 6.07) is 6.76. The molecule has 2 aromatic heterocycles. The molecule has 0 bridgehead atoms. The molecule has 0 aliphatic carbocycles. The summed E-state index contributed by atoms with van der Waals surface area (Å²) < 4.78 is 0. The summed E-state index contributed by atoms with van der Waals surface area (Å²) in [5.74, 6) is -1.07. The van der Waals surface area contributed by atoms with Crippen molar-refractivity contribution in [3.63, 3.8) is 0 Å². The number of nitrogens with zero attached hydrogens (tertiary/aromatic N) is 2. The van der Waals surface area contributed by atoms with E-state index in [4.69, 9.17) is 5.11 Å². The van der Waals surface area contributed by atoms with E-state index in [-0.39, 0.29) is 5.91 Å². The van der Waals surface area contributed by atoms with Crippen LogP contribution in [-0.4, -0.2) is 27.0 Å². The molecule has 1 amide bonds. The molecule has 6 heteroatoms. The minimum absolute atomic E-state index is 0.325. The molecule has 0 unspecified atom stereocenters. The Hall–Kier alpha value is -3.02. The van der Waals surface area contributed by atoms with Crippen molar-refractivity contribution >= 4 is 23.8 Å². The number of aryl methyl sites for hydroxylation is 1. The Morgan fingerprint density at radius 1 is 1.24 bits per heavy atom. The van der Waals surface area contributed by atoms with Gasteiger partial charge in [-0.15, -0.1) is 0 Å². The number of pyridine rings is 2. The lowest BCUT2D eigenvalue weighted by Gasteiger charge is -2.06. The van der Waals surface area contributed by atoms with Crippen LogP contribution in [0.3, 0.4) is 0 Å². The monoisotopic (exact) mass is 283 g/mol. The van der Waals surface area contributed by atoms with Crippen molar-refractivity contribution in [2.75, 3.05) is 5.32 Å². The minimum atomic E-state index is -1.04. The first-order valence-electron chi connectivity index (χ1n) is 6.16. The Bertz CT molecular complexity index is 711. The SMILES string of the molecule is Cc1cccnc1C(=O)Nc1cc(/C=C/C(=O)O)ccn1. The van der Waals surface area contributed by atoms with Crippen molar-refractivity contribution in [2.24, 2.45) is 0 Å². The molecule has 2 aromatic rings. The second kappa shape index (κ2) is 6.42. The molecule has 0 fully saturated rings. The number of carboxylic acids is 1. The normalized spacial score (nSPS) is 10.5. The molecule has 2 N–H and O–H groups in total. The van der Waals surface area contributed by atoms with Gasteiger partial charge in [0.2, 0.25) is 0 Å². The van der Waals surface area contributed by atoms with Gasteiger partial charge in [0.15, 0.2) is 0 Å². The Morgan fingerprint density at radius 3 is 2.76 bits per heavy atom. The van der Waals surface area contributed by atoms with E-state index < -0.39 is 5.97 Å². The molecule has 0 saturated heterocycles. The lowest BCUT2D eigenvalue weighted by molar-refractivity contribution is -0.131. The standard InChI is InChI=1S/C15H13N3O3/c1-10-3-2-7-17-14(10)15(21)18-12-9-11(6-8-16-12)4-5-13(19)20/h2-9H,1H3,(H,19,20)(H,16,18,21)/b5-4+. The molecule has 2 heterocycles. The number of nitrogens with one attached hydrogen (secondary N) is 1. The quantitative estimate of drug-likeness (QED) is 0.839. The first kappa shape index (κ1) is 14.4. The molecular weight excluding hydrogens is 270 g/mol. The number of amides is 1. The van der Waals surface area contributed by atoms with Gasteiger partial charge in [0.05, 0.1) is 0 Å². The molecule has 0 aromatic carbocycles. The number of carboxylic acid groups (broad SMARTS) is 1. The van der Waals surface area contributed by atoms with Crippen molar-refractivity contribution in [2.45, 2.75) is 6.92 Å². The summed E-state index contributed by atoms with van der Waals surface area (Å²) in [5, 5.41) is 11.2. The first-order valence-corrected chi connectivity index (χ1v) is 6.16. The van der Waals surface area contributed by atoms with Crippen LogP contribution in [0.15, 0.2) is 42.7 Å². The lowest BCUT2D eigenvalue weighted by atomic mass is 10.2. The topological polar surface area (TPSA) is 92.2 Å². The number of hydrogen-bond donors (Lipinski definition) is 2. The van der Waals surface area contributed by atoms with Crippen molar-refractivity contribution in [1.82, 2.24) is 9.97 Å². The largest absolute Gasteiger partial charge is 0.478 e. The van der Waals surface area contributed by atoms with E-state index in [1.165, 1.54) is 12.3 Å². The second-order valence-corrected chi connectivity index (χ2v) is 4.27. The third kappa shape index (κ3) is 3.97. The van der Waals surface area contributed by atoms with Crippen LogP contribution in [0.4, 0.5) is 5.82 Å². The molecule has 6 nitrogen and oxygen atoms in total. The van der Waals surface area contributed by atoms with Gasteiger partial charge in [0, 0.05) is 18.5 Å². The Labute approximate surface area is 121 Å². The van der Waals surface area contributed by atoms with Gasteiger partial charge in [0.25, 0.3) is 5.91 Å². The molecule has 0 radical (unpaired) electrons. The smallest absolute Gasteiger partial charge is 0.328 e. The summed E-state index contributed by atoms with van der Waals surface area (Å²) in [7, 11) is 0. The summed E-state index contributed by atoms with van der Waals surface area (Å²) >= 11 is 0. The van der Waals surface area contributed by atoms with Crippen LogP contribution in [0.5, 0.6) is 0 Å². The number of anilines is 1. The zero-order valence-corrected chi connectivity index (χ0v) is 11.3. The molecule has 106 valence electrons. The van der Waals surface area contributed by atoms with E-state index in [1.54, 1.807) is 37.4 Å². The second-order valence-electron chi connectivity index (χ2n) is 4.27. The van der Waals surface area contributed by atoms with E-state index in [9.17, 15) is 9.59 Å². The highest BCUT2D eigenvalue weighted by atomic mass is 16.4. The fourth-order valence-corrected chi connectivity index (χ4v) is 1.69. The molecule has 0 aliphatic rings. The first-order chi connectivity index (χ1) is 10.1. The van der Waals surface area contributed by atoms with Crippen LogP contribution >= 0.6 is 0 Å². The van der Waals surface area contributed by atoms with Crippen LogP contribution in [0.1, 0.15) is 21.6 Å². The highest BCUT2D eigenvalue weighted by molar-refractivity contribution is 6.03. The van der Waals surface area contributed by atoms with E-state index in [2.05, 4.69) is 15.3 Å². The molecule has 0 atom stereocenters. The Kier molecular flexibility index (Phi) is 4.40. The summed E-state index contributed by atoms with van der Waals surface area (Å²) in [4.78, 5) is 30.6. The van der Waals surface area contributed by atoms with Crippen molar-refractivity contribution in [1.29, 1.82) is 0 Å². The Balaban J connectivity index is 2.17. The number of carbonyl (C=O) groups excluding carboxylic acids is 1. The van der Waals surface area contributed by atoms with Crippen LogP contribution in [0.25, 0.3) is 6.08 Å². The molecule has 0 saturated carbocycles. The maximum Gasteiger partial charge on any atom is 0.328 e. The van der Waals surface area contributed by atoms with Crippen molar-refractivity contribution < 1.29 is 14.7 Å². The molecular formula is C15H13N3O3. The van der Waals surface area contributed by atoms with Gasteiger partial charge in [0.1, 0.15) is 11.5 Å². The third-order valence-electron chi connectivity index (χ3n) is 2.67. The average Bonchev–Trinajstić information content (AvgIpc) is 2.46. The molecule has 21 heavy (non-hydrogen) atoms. The zero-order valence-electron chi connectivity index (χ0n) is 11.3. The van der Waals surface area contributed by atoms with Crippen LogP contribution in [0, 0.1) is 6.92 Å². The number of hydrogen-bond acceptors (Lipinski definition) is 4. The van der Waals surface area contributed by atoms with Crippen LogP contribution in [0.2, 0.25) is 0 Å². The predicted octanol–water partition coefficient (Wildman–Crippen LogP) is 2.14. The minimum Gasteiger partial charge on any atom is -0.478 e.